The number of ether oxygens (including phenoxy) is 1. The van der Waals surface area contributed by atoms with Gasteiger partial charge in [-0.3, -0.25) is 4.18 Å². The number of carbonyl (C=O) groups excluding carboxylic acids is 1. The fourth-order valence-corrected chi connectivity index (χ4v) is 6.21. The third kappa shape index (κ3) is 2.56. The smallest absolute Gasteiger partial charge is 0.464 e. The van der Waals surface area contributed by atoms with Crippen molar-refractivity contribution in [1.29, 1.82) is 0 Å². The normalized spacial score (nSPS) is 39.5. The Morgan fingerprint density at radius 3 is 2.30 bits per heavy atom. The zero-order chi connectivity index (χ0) is 17.1. The van der Waals surface area contributed by atoms with Gasteiger partial charge in [-0.2, -0.15) is 17.2 Å². The van der Waals surface area contributed by atoms with Gasteiger partial charge in [0, 0.05) is 6.61 Å². The van der Waals surface area contributed by atoms with E-state index in [2.05, 4.69) is 4.74 Å². The molecule has 132 valence electrons. The van der Waals surface area contributed by atoms with Crippen molar-refractivity contribution in [2.75, 3.05) is 13.7 Å². The highest BCUT2D eigenvalue weighted by molar-refractivity contribution is 7.88. The predicted molar refractivity (Wildman–Crippen MR) is 73.9 cm³/mol. The first-order chi connectivity index (χ1) is 10.6. The molecular weight excluding hydrogens is 334 g/mol. The van der Waals surface area contributed by atoms with Crippen molar-refractivity contribution in [1.82, 2.24) is 0 Å². The molecule has 2 atom stereocenters. The fraction of sp³-hybridized carbons (Fsp3) is 0.929. The van der Waals surface area contributed by atoms with E-state index in [4.69, 9.17) is 4.18 Å². The number of alkyl halides is 2. The van der Waals surface area contributed by atoms with Crippen LogP contribution in [0.3, 0.4) is 0 Å². The molecule has 2 unspecified atom stereocenters. The van der Waals surface area contributed by atoms with Crippen LogP contribution in [0.5, 0.6) is 0 Å². The monoisotopic (exact) mass is 354 g/mol. The Kier molecular flexibility index (Phi) is 3.77. The number of rotatable bonds is 5. The number of aliphatic hydroxyl groups is 1. The summed E-state index contributed by atoms with van der Waals surface area (Å²) in [5, 5.41) is 4.96. The van der Waals surface area contributed by atoms with Crippen LogP contribution >= 0.6 is 0 Å². The number of aliphatic hydroxyl groups excluding tert-OH is 1. The highest BCUT2D eigenvalue weighted by atomic mass is 32.2. The van der Waals surface area contributed by atoms with Crippen molar-refractivity contribution >= 4 is 16.1 Å². The van der Waals surface area contributed by atoms with Gasteiger partial charge in [0.15, 0.2) is 0 Å². The maximum atomic E-state index is 13.8. The molecule has 4 saturated carbocycles. The maximum Gasteiger partial charge on any atom is 0.466 e. The van der Waals surface area contributed by atoms with E-state index in [1.165, 1.54) is 0 Å². The first-order valence-electron chi connectivity index (χ1n) is 7.59. The molecule has 0 aromatic heterocycles. The van der Waals surface area contributed by atoms with Gasteiger partial charge in [-0.25, -0.2) is 4.79 Å². The molecule has 0 heterocycles. The molecular formula is C14H20F2O6S. The average molecular weight is 354 g/mol. The molecule has 9 heteroatoms. The molecule has 0 aromatic rings. The second-order valence-electron chi connectivity index (χ2n) is 7.35. The van der Waals surface area contributed by atoms with E-state index < -0.39 is 32.4 Å². The summed E-state index contributed by atoms with van der Waals surface area (Å²) in [4.78, 5) is 11.1. The quantitative estimate of drug-likeness (QED) is 0.593. The summed E-state index contributed by atoms with van der Waals surface area (Å²) in [6.07, 6.45) is 3.38. The van der Waals surface area contributed by atoms with Crippen LogP contribution < -0.4 is 0 Å². The van der Waals surface area contributed by atoms with Crippen LogP contribution in [0, 0.1) is 17.3 Å². The minimum absolute atomic E-state index is 0.113. The molecule has 1 N–H and O–H groups in total. The van der Waals surface area contributed by atoms with Crippen molar-refractivity contribution in [2.24, 2.45) is 17.3 Å². The average Bonchev–Trinajstić information content (AvgIpc) is 2.43. The number of hydrogen-bond acceptors (Lipinski definition) is 6. The minimum atomic E-state index is -5.46. The molecule has 4 bridgehead atoms. The Morgan fingerprint density at radius 1 is 1.26 bits per heavy atom. The second-order valence-corrected chi connectivity index (χ2v) is 8.94. The third-order valence-corrected chi connectivity index (χ3v) is 6.86. The van der Waals surface area contributed by atoms with Crippen molar-refractivity contribution in [3.05, 3.63) is 0 Å². The van der Waals surface area contributed by atoms with E-state index in [0.717, 1.165) is 19.3 Å². The lowest BCUT2D eigenvalue weighted by atomic mass is 9.48. The summed E-state index contributed by atoms with van der Waals surface area (Å²) in [5.74, 6) is -1.84. The fourth-order valence-electron chi connectivity index (χ4n) is 5.15. The molecule has 0 spiro atoms. The summed E-state index contributed by atoms with van der Waals surface area (Å²) in [5.41, 5.74) is -1.71. The molecule has 4 aliphatic carbocycles. The number of carbonyl (C=O) groups is 1. The Labute approximate surface area is 133 Å². The van der Waals surface area contributed by atoms with E-state index in [1.54, 1.807) is 0 Å². The standard InChI is InChI=1S/C14H20F2O6S/c1-21-11(18)14(15,16)23(19,20)22-13-5-9-2-10(6-13)4-12(3-9,7-13)8-17/h9-10,17H,2-8H2,1H3. The lowest BCUT2D eigenvalue weighted by Crippen LogP contribution is -2.59. The van der Waals surface area contributed by atoms with Crippen LogP contribution in [-0.2, 0) is 23.8 Å². The zero-order valence-electron chi connectivity index (χ0n) is 12.8. The van der Waals surface area contributed by atoms with Crippen molar-refractivity contribution in [3.63, 3.8) is 0 Å². The molecule has 4 fully saturated rings. The van der Waals surface area contributed by atoms with Gasteiger partial charge in [-0.1, -0.05) is 0 Å². The summed E-state index contributed by atoms with van der Waals surface area (Å²) in [6.45, 7) is -0.113. The van der Waals surface area contributed by atoms with E-state index in [9.17, 15) is 27.1 Å². The van der Waals surface area contributed by atoms with Gasteiger partial charge in [0.25, 0.3) is 0 Å². The van der Waals surface area contributed by atoms with Crippen molar-refractivity contribution in [3.8, 4) is 0 Å². The SMILES string of the molecule is COC(=O)C(F)(F)S(=O)(=O)OC12CC3CC(CC(CO)(C3)C1)C2. The van der Waals surface area contributed by atoms with Crippen molar-refractivity contribution in [2.45, 2.75) is 49.4 Å². The lowest BCUT2D eigenvalue weighted by Gasteiger charge is -2.60. The van der Waals surface area contributed by atoms with Crippen LogP contribution in [0.4, 0.5) is 8.78 Å². The second kappa shape index (κ2) is 5.10. The first-order valence-corrected chi connectivity index (χ1v) is 9.00. The van der Waals surface area contributed by atoms with E-state index in [0.29, 0.717) is 20.0 Å². The highest BCUT2D eigenvalue weighted by Crippen LogP contribution is 2.63. The topological polar surface area (TPSA) is 89.9 Å². The number of hydrogen-bond donors (Lipinski definition) is 1. The Hall–Kier alpha value is -0.800. The van der Waals surface area contributed by atoms with E-state index >= 15 is 0 Å². The summed E-state index contributed by atoms with van der Waals surface area (Å²) in [6, 6.07) is 0. The molecule has 0 aromatic carbocycles. The number of esters is 1. The van der Waals surface area contributed by atoms with Crippen LogP contribution in [0.15, 0.2) is 0 Å². The lowest BCUT2D eigenvalue weighted by molar-refractivity contribution is -0.169. The van der Waals surface area contributed by atoms with Crippen molar-refractivity contribution < 1.29 is 36.0 Å². The van der Waals surface area contributed by atoms with Crippen LogP contribution in [0.1, 0.15) is 38.5 Å². The molecule has 0 radical (unpaired) electrons. The summed E-state index contributed by atoms with van der Waals surface area (Å²) < 4.78 is 60.5. The molecule has 23 heavy (non-hydrogen) atoms. The van der Waals surface area contributed by atoms with E-state index in [-0.39, 0.29) is 24.9 Å². The summed E-state index contributed by atoms with van der Waals surface area (Å²) in [7, 11) is -4.77. The van der Waals surface area contributed by atoms with Crippen LogP contribution in [0.2, 0.25) is 0 Å². The number of halogens is 2. The van der Waals surface area contributed by atoms with Gasteiger partial charge in [-0.05, 0) is 55.8 Å². The van der Waals surface area contributed by atoms with Crippen LogP contribution in [-0.4, -0.2) is 44.1 Å². The van der Waals surface area contributed by atoms with Gasteiger partial charge in [0.05, 0.1) is 12.7 Å². The van der Waals surface area contributed by atoms with Gasteiger partial charge in [0.1, 0.15) is 0 Å². The molecule has 4 rings (SSSR count). The molecule has 0 saturated heterocycles. The molecule has 4 aliphatic rings. The number of methoxy groups -OCH3 is 1. The first kappa shape index (κ1) is 17.0. The van der Waals surface area contributed by atoms with Gasteiger partial charge in [-0.15, -0.1) is 0 Å². The Morgan fingerprint density at radius 2 is 1.83 bits per heavy atom. The molecule has 6 nitrogen and oxygen atoms in total. The molecule has 0 amide bonds. The summed E-state index contributed by atoms with van der Waals surface area (Å²) >= 11 is 0. The molecule has 0 aliphatic heterocycles. The largest absolute Gasteiger partial charge is 0.466 e. The van der Waals surface area contributed by atoms with Gasteiger partial charge in [0.2, 0.25) is 0 Å². The minimum Gasteiger partial charge on any atom is -0.464 e. The zero-order valence-corrected chi connectivity index (χ0v) is 13.6. The van der Waals surface area contributed by atoms with Gasteiger partial charge < -0.3 is 9.84 Å². The predicted octanol–water partition coefficient (Wildman–Crippen LogP) is 1.43. The Bertz CT molecular complexity index is 603. The van der Waals surface area contributed by atoms with Gasteiger partial charge >= 0.3 is 21.3 Å². The van der Waals surface area contributed by atoms with Crippen LogP contribution in [0.25, 0.3) is 0 Å². The highest BCUT2D eigenvalue weighted by Gasteiger charge is 2.64. The van der Waals surface area contributed by atoms with E-state index in [1.807, 2.05) is 0 Å². The maximum absolute atomic E-state index is 13.8. The third-order valence-electron chi connectivity index (χ3n) is 5.49. The Balaban J connectivity index is 1.89.